The van der Waals surface area contributed by atoms with E-state index >= 15 is 0 Å². The van der Waals surface area contributed by atoms with Crippen LogP contribution >= 0.6 is 27.3 Å². The first-order valence-electron chi connectivity index (χ1n) is 8.33. The zero-order valence-corrected chi connectivity index (χ0v) is 17.4. The number of rotatable bonds is 7. The molecule has 0 radical (unpaired) electrons. The number of carbonyl (C=O) groups is 1. The Morgan fingerprint density at radius 1 is 1.19 bits per heavy atom. The number of carbonyl (C=O) groups excluding carboxylic acids is 1. The Labute approximate surface area is 165 Å². The van der Waals surface area contributed by atoms with Gasteiger partial charge < -0.3 is 19.4 Å². The fourth-order valence-electron chi connectivity index (χ4n) is 2.85. The van der Waals surface area contributed by atoms with Crippen LogP contribution in [0.15, 0.2) is 34.1 Å². The molecule has 0 aliphatic heterocycles. The molecule has 1 amide bonds. The van der Waals surface area contributed by atoms with Crippen molar-refractivity contribution in [3.8, 4) is 11.5 Å². The van der Waals surface area contributed by atoms with Crippen LogP contribution in [0.1, 0.15) is 29.4 Å². The van der Waals surface area contributed by atoms with Gasteiger partial charge in [0.15, 0.2) is 0 Å². The molecule has 0 bridgehead atoms. The lowest BCUT2D eigenvalue weighted by Gasteiger charge is -2.13. The van der Waals surface area contributed by atoms with E-state index in [1.54, 1.807) is 25.6 Å². The highest BCUT2D eigenvalue weighted by Crippen LogP contribution is 2.34. The predicted octanol–water partition coefficient (Wildman–Crippen LogP) is 4.67. The molecule has 5 nitrogen and oxygen atoms in total. The molecule has 138 valence electrons. The molecule has 26 heavy (non-hydrogen) atoms. The molecule has 1 N–H and O–H groups in total. The Balaban J connectivity index is 2.05. The number of aromatic nitrogens is 1. The Morgan fingerprint density at radius 2 is 1.88 bits per heavy atom. The number of amides is 1. The van der Waals surface area contributed by atoms with Gasteiger partial charge >= 0.3 is 0 Å². The van der Waals surface area contributed by atoms with E-state index in [0.717, 1.165) is 38.2 Å². The van der Waals surface area contributed by atoms with E-state index in [2.05, 4.69) is 21.2 Å². The van der Waals surface area contributed by atoms with Crippen molar-refractivity contribution in [2.75, 3.05) is 20.8 Å². The van der Waals surface area contributed by atoms with Gasteiger partial charge in [0.05, 0.1) is 28.9 Å². The number of nitrogens with one attached hydrogen (secondary N) is 1. The van der Waals surface area contributed by atoms with E-state index in [1.165, 1.54) is 0 Å². The van der Waals surface area contributed by atoms with Crippen LogP contribution in [0.2, 0.25) is 0 Å². The quantitative estimate of drug-likeness (QED) is 0.585. The van der Waals surface area contributed by atoms with Gasteiger partial charge in [0.2, 0.25) is 0 Å². The first kappa shape index (κ1) is 18.8. The normalized spacial score (nSPS) is 10.9. The van der Waals surface area contributed by atoms with Gasteiger partial charge in [-0.25, -0.2) is 0 Å². The largest absolute Gasteiger partial charge is 0.497 e. The molecule has 0 atom stereocenters. The topological polar surface area (TPSA) is 52.5 Å². The summed E-state index contributed by atoms with van der Waals surface area (Å²) in [5.74, 6) is 1.39. The molecule has 0 saturated carbocycles. The number of halogens is 1. The van der Waals surface area contributed by atoms with Gasteiger partial charge in [-0.3, -0.25) is 4.79 Å². The minimum Gasteiger partial charge on any atom is -0.497 e. The van der Waals surface area contributed by atoms with Crippen molar-refractivity contribution >= 4 is 43.4 Å². The van der Waals surface area contributed by atoms with Crippen LogP contribution in [-0.4, -0.2) is 31.2 Å². The molecular formula is C19H21BrN2O3S. The third kappa shape index (κ3) is 3.73. The van der Waals surface area contributed by atoms with E-state index < -0.39 is 0 Å². The molecule has 0 saturated heterocycles. The van der Waals surface area contributed by atoms with E-state index in [4.69, 9.17) is 9.47 Å². The summed E-state index contributed by atoms with van der Waals surface area (Å²) in [6, 6.07) is 7.71. The summed E-state index contributed by atoms with van der Waals surface area (Å²) in [5.41, 5.74) is 2.68. The highest BCUT2D eigenvalue weighted by Gasteiger charge is 2.19. The third-order valence-corrected chi connectivity index (χ3v) is 5.92. The van der Waals surface area contributed by atoms with Crippen molar-refractivity contribution in [1.29, 1.82) is 0 Å². The van der Waals surface area contributed by atoms with Gasteiger partial charge in [0.1, 0.15) is 17.2 Å². The molecule has 2 heterocycles. The Hall–Kier alpha value is -1.99. The third-order valence-electron chi connectivity index (χ3n) is 4.10. The Kier molecular flexibility index (Phi) is 5.88. The lowest BCUT2D eigenvalue weighted by atomic mass is 10.2. The molecule has 1 aromatic carbocycles. The summed E-state index contributed by atoms with van der Waals surface area (Å²) in [6.07, 6.45) is 0.900. The summed E-state index contributed by atoms with van der Waals surface area (Å²) >= 11 is 5.23. The second-order valence-electron chi connectivity index (χ2n) is 5.89. The van der Waals surface area contributed by atoms with Gasteiger partial charge in [0.25, 0.3) is 5.91 Å². The average Bonchev–Trinajstić information content (AvgIpc) is 3.19. The predicted molar refractivity (Wildman–Crippen MR) is 109 cm³/mol. The number of methoxy groups -OCH3 is 2. The highest BCUT2D eigenvalue weighted by atomic mass is 79.9. The number of hydrogen-bond acceptors (Lipinski definition) is 4. The van der Waals surface area contributed by atoms with Crippen molar-refractivity contribution < 1.29 is 14.3 Å². The van der Waals surface area contributed by atoms with Crippen LogP contribution in [0.5, 0.6) is 11.5 Å². The van der Waals surface area contributed by atoms with Crippen molar-refractivity contribution in [1.82, 2.24) is 9.88 Å². The number of hydrogen-bond donors (Lipinski definition) is 1. The molecule has 2 aromatic heterocycles. The minimum atomic E-state index is -0.0583. The second kappa shape index (κ2) is 8.14. The van der Waals surface area contributed by atoms with Crippen LogP contribution in [0.4, 0.5) is 0 Å². The molecule has 0 aliphatic carbocycles. The van der Waals surface area contributed by atoms with Gasteiger partial charge in [-0.15, -0.1) is 11.3 Å². The first-order valence-corrected chi connectivity index (χ1v) is 10.0. The SMILES string of the molecule is CCCNC(=O)c1cc2scc(Br)c2n1Cc1cc(OC)cc(OC)c1. The maximum Gasteiger partial charge on any atom is 0.267 e. The summed E-state index contributed by atoms with van der Waals surface area (Å²) in [5, 5.41) is 5.01. The molecule has 0 spiro atoms. The smallest absolute Gasteiger partial charge is 0.267 e. The van der Waals surface area contributed by atoms with E-state index in [9.17, 15) is 4.79 Å². The summed E-state index contributed by atoms with van der Waals surface area (Å²) in [4.78, 5) is 12.6. The van der Waals surface area contributed by atoms with E-state index in [1.807, 2.05) is 41.1 Å². The summed E-state index contributed by atoms with van der Waals surface area (Å²) in [6.45, 7) is 3.24. The molecule has 3 aromatic rings. The summed E-state index contributed by atoms with van der Waals surface area (Å²) < 4.78 is 14.8. The number of fused-ring (bicyclic) bond motifs is 1. The van der Waals surface area contributed by atoms with Crippen LogP contribution in [0, 0.1) is 0 Å². The maximum absolute atomic E-state index is 12.6. The molecule has 3 rings (SSSR count). The number of nitrogens with zero attached hydrogens (tertiary/aromatic N) is 1. The van der Waals surface area contributed by atoms with Crippen molar-refractivity contribution in [2.45, 2.75) is 19.9 Å². The standard InChI is InChI=1S/C19H21BrN2O3S/c1-4-5-21-19(23)16-9-17-18(15(20)11-26-17)22(16)10-12-6-13(24-2)8-14(7-12)25-3/h6-9,11H,4-5,10H2,1-3H3,(H,21,23). The highest BCUT2D eigenvalue weighted by molar-refractivity contribution is 9.10. The van der Waals surface area contributed by atoms with E-state index in [0.29, 0.717) is 18.8 Å². The lowest BCUT2D eigenvalue weighted by Crippen LogP contribution is -2.26. The van der Waals surface area contributed by atoms with Crippen molar-refractivity contribution in [3.05, 3.63) is 45.4 Å². The first-order chi connectivity index (χ1) is 12.6. The zero-order chi connectivity index (χ0) is 18.7. The lowest BCUT2D eigenvalue weighted by molar-refractivity contribution is 0.0945. The van der Waals surface area contributed by atoms with Crippen molar-refractivity contribution in [2.24, 2.45) is 0 Å². The van der Waals surface area contributed by atoms with Crippen LogP contribution in [0.3, 0.4) is 0 Å². The second-order valence-corrected chi connectivity index (χ2v) is 7.65. The van der Waals surface area contributed by atoms with Crippen LogP contribution in [0.25, 0.3) is 10.2 Å². The maximum atomic E-state index is 12.6. The van der Waals surface area contributed by atoms with E-state index in [-0.39, 0.29) is 5.91 Å². The molecule has 0 aliphatic rings. The monoisotopic (exact) mass is 436 g/mol. The number of benzene rings is 1. The summed E-state index contributed by atoms with van der Waals surface area (Å²) in [7, 11) is 3.26. The van der Waals surface area contributed by atoms with Gasteiger partial charge in [-0.05, 0) is 46.1 Å². The van der Waals surface area contributed by atoms with Crippen molar-refractivity contribution in [3.63, 3.8) is 0 Å². The van der Waals surface area contributed by atoms with Gasteiger partial charge in [-0.1, -0.05) is 6.92 Å². The van der Waals surface area contributed by atoms with Gasteiger partial charge in [-0.2, -0.15) is 0 Å². The zero-order valence-electron chi connectivity index (χ0n) is 15.0. The number of thiophene rings is 1. The fraction of sp³-hybridized carbons (Fsp3) is 0.316. The van der Waals surface area contributed by atoms with Crippen LogP contribution < -0.4 is 14.8 Å². The molecular weight excluding hydrogens is 416 g/mol. The average molecular weight is 437 g/mol. The minimum absolute atomic E-state index is 0.0583. The Bertz CT molecular complexity index is 910. The van der Waals surface area contributed by atoms with Gasteiger partial charge in [0, 0.05) is 24.5 Å². The van der Waals surface area contributed by atoms with Crippen LogP contribution in [-0.2, 0) is 6.54 Å². The number of ether oxygens (including phenoxy) is 2. The fourth-order valence-corrected chi connectivity index (χ4v) is 4.55. The molecule has 0 fully saturated rings. The molecule has 0 unspecified atom stereocenters. The molecule has 7 heteroatoms. The Morgan fingerprint density at radius 3 is 2.50 bits per heavy atom.